The van der Waals surface area contributed by atoms with E-state index >= 15 is 0 Å². The molecule has 0 aromatic carbocycles. The molecule has 5 nitrogen and oxygen atoms in total. The van der Waals surface area contributed by atoms with Gasteiger partial charge in [-0.2, -0.15) is 13.2 Å². The van der Waals surface area contributed by atoms with Crippen molar-refractivity contribution in [3.63, 3.8) is 0 Å². The molecule has 1 saturated heterocycles. The standard InChI is InChI=1S/C13H15F3N4O/c14-13(15,16)10-3-5-17-12(19-10)20-6-4-8(7-20)11(21)18-9-1-2-9/h3,5,8-9H,1-2,4,6-7H2,(H,18,21). The van der Waals surface area contributed by atoms with Crippen LogP contribution in [-0.4, -0.2) is 35.0 Å². The quantitative estimate of drug-likeness (QED) is 0.921. The molecule has 21 heavy (non-hydrogen) atoms. The fourth-order valence-corrected chi connectivity index (χ4v) is 2.36. The minimum absolute atomic E-state index is 0.0213. The number of rotatable bonds is 3. The third kappa shape index (κ3) is 3.25. The Bertz CT molecular complexity index is 544. The van der Waals surface area contributed by atoms with Crippen molar-refractivity contribution in [2.75, 3.05) is 18.0 Å². The summed E-state index contributed by atoms with van der Waals surface area (Å²) in [5.74, 6) is -0.192. The predicted molar refractivity (Wildman–Crippen MR) is 68.5 cm³/mol. The van der Waals surface area contributed by atoms with Gasteiger partial charge in [0.15, 0.2) is 0 Å². The van der Waals surface area contributed by atoms with E-state index < -0.39 is 11.9 Å². The average Bonchev–Trinajstić information content (AvgIpc) is 3.11. The molecule has 2 fully saturated rings. The van der Waals surface area contributed by atoms with E-state index in [0.29, 0.717) is 19.5 Å². The minimum atomic E-state index is -4.49. The van der Waals surface area contributed by atoms with Crippen LogP contribution in [0.1, 0.15) is 25.0 Å². The molecule has 114 valence electrons. The molecule has 1 aliphatic heterocycles. The van der Waals surface area contributed by atoms with E-state index in [1.54, 1.807) is 4.90 Å². The van der Waals surface area contributed by atoms with Crippen LogP contribution in [0, 0.1) is 5.92 Å². The molecule has 1 aromatic rings. The second-order valence-corrected chi connectivity index (χ2v) is 5.45. The predicted octanol–water partition coefficient (Wildman–Crippen LogP) is 1.60. The molecule has 2 heterocycles. The Labute approximate surface area is 119 Å². The number of aromatic nitrogens is 2. The van der Waals surface area contributed by atoms with Gasteiger partial charge >= 0.3 is 6.18 Å². The number of anilines is 1. The summed E-state index contributed by atoms with van der Waals surface area (Å²) in [6.45, 7) is 0.851. The molecule has 1 aromatic heterocycles. The largest absolute Gasteiger partial charge is 0.433 e. The first-order chi connectivity index (χ1) is 9.93. The number of halogens is 3. The van der Waals surface area contributed by atoms with Crippen molar-refractivity contribution < 1.29 is 18.0 Å². The first-order valence-electron chi connectivity index (χ1n) is 6.89. The molecule has 3 rings (SSSR count). The van der Waals surface area contributed by atoms with Gasteiger partial charge in [0, 0.05) is 25.3 Å². The van der Waals surface area contributed by atoms with Crippen molar-refractivity contribution in [3.8, 4) is 0 Å². The minimum Gasteiger partial charge on any atom is -0.353 e. The Morgan fingerprint density at radius 2 is 2.10 bits per heavy atom. The maximum Gasteiger partial charge on any atom is 0.433 e. The number of nitrogens with one attached hydrogen (secondary N) is 1. The van der Waals surface area contributed by atoms with Gasteiger partial charge in [0.05, 0.1) is 5.92 Å². The Balaban J connectivity index is 1.66. The van der Waals surface area contributed by atoms with Crippen molar-refractivity contribution in [1.82, 2.24) is 15.3 Å². The average molecular weight is 300 g/mol. The number of alkyl halides is 3. The van der Waals surface area contributed by atoms with Crippen LogP contribution in [0.15, 0.2) is 12.3 Å². The summed E-state index contributed by atoms with van der Waals surface area (Å²) in [5.41, 5.74) is -0.960. The van der Waals surface area contributed by atoms with Crippen LogP contribution in [-0.2, 0) is 11.0 Å². The van der Waals surface area contributed by atoms with Gasteiger partial charge < -0.3 is 10.2 Å². The van der Waals surface area contributed by atoms with Gasteiger partial charge in [-0.05, 0) is 25.3 Å². The van der Waals surface area contributed by atoms with E-state index in [2.05, 4.69) is 15.3 Å². The summed E-state index contributed by atoms with van der Waals surface area (Å²) >= 11 is 0. The summed E-state index contributed by atoms with van der Waals surface area (Å²) in [4.78, 5) is 21.0. The van der Waals surface area contributed by atoms with Crippen molar-refractivity contribution in [1.29, 1.82) is 0 Å². The number of hydrogen-bond donors (Lipinski definition) is 1. The molecule has 8 heteroatoms. The molecular formula is C13H15F3N4O. The van der Waals surface area contributed by atoms with Crippen LogP contribution >= 0.6 is 0 Å². The molecule has 1 amide bonds. The lowest BCUT2D eigenvalue weighted by atomic mass is 10.1. The Morgan fingerprint density at radius 1 is 1.33 bits per heavy atom. The molecule has 1 unspecified atom stereocenters. The number of amides is 1. The summed E-state index contributed by atoms with van der Waals surface area (Å²) in [7, 11) is 0. The lowest BCUT2D eigenvalue weighted by molar-refractivity contribution is -0.141. The number of carbonyl (C=O) groups excluding carboxylic acids is 1. The summed E-state index contributed by atoms with van der Waals surface area (Å²) in [6, 6.07) is 1.13. The van der Waals surface area contributed by atoms with E-state index in [-0.39, 0.29) is 23.8 Å². The highest BCUT2D eigenvalue weighted by atomic mass is 19.4. The van der Waals surface area contributed by atoms with Gasteiger partial charge in [0.2, 0.25) is 11.9 Å². The van der Waals surface area contributed by atoms with Crippen LogP contribution in [0.4, 0.5) is 19.1 Å². The smallest absolute Gasteiger partial charge is 0.353 e. The van der Waals surface area contributed by atoms with Crippen LogP contribution in [0.5, 0.6) is 0 Å². The summed E-state index contributed by atoms with van der Waals surface area (Å²) < 4.78 is 37.9. The number of hydrogen-bond acceptors (Lipinski definition) is 4. The van der Waals surface area contributed by atoms with Gasteiger partial charge in [0.25, 0.3) is 0 Å². The van der Waals surface area contributed by atoms with E-state index in [4.69, 9.17) is 0 Å². The van der Waals surface area contributed by atoms with Gasteiger partial charge in [0.1, 0.15) is 5.69 Å². The lowest BCUT2D eigenvalue weighted by Crippen LogP contribution is -2.34. The molecule has 1 saturated carbocycles. The van der Waals surface area contributed by atoms with Crippen LogP contribution in [0.25, 0.3) is 0 Å². The van der Waals surface area contributed by atoms with Crippen molar-refractivity contribution in [2.45, 2.75) is 31.5 Å². The molecule has 0 spiro atoms. The molecule has 1 aliphatic carbocycles. The lowest BCUT2D eigenvalue weighted by Gasteiger charge is -2.17. The van der Waals surface area contributed by atoms with Crippen LogP contribution < -0.4 is 10.2 Å². The highest BCUT2D eigenvalue weighted by molar-refractivity contribution is 5.80. The highest BCUT2D eigenvalue weighted by Crippen LogP contribution is 2.29. The van der Waals surface area contributed by atoms with E-state index in [1.165, 1.54) is 0 Å². The monoisotopic (exact) mass is 300 g/mol. The number of carbonyl (C=O) groups is 1. The Kier molecular flexibility index (Phi) is 3.46. The SMILES string of the molecule is O=C(NC1CC1)C1CCN(c2nccc(C(F)(F)F)n2)C1. The number of nitrogens with zero attached hydrogens (tertiary/aromatic N) is 3. The zero-order valence-corrected chi connectivity index (χ0v) is 11.2. The molecular weight excluding hydrogens is 285 g/mol. The van der Waals surface area contributed by atoms with Gasteiger partial charge in [-0.1, -0.05) is 0 Å². The zero-order valence-electron chi connectivity index (χ0n) is 11.2. The van der Waals surface area contributed by atoms with Crippen molar-refractivity contribution in [2.24, 2.45) is 5.92 Å². The van der Waals surface area contributed by atoms with Gasteiger partial charge in [-0.15, -0.1) is 0 Å². The van der Waals surface area contributed by atoms with Gasteiger partial charge in [-0.3, -0.25) is 4.79 Å². The fraction of sp³-hybridized carbons (Fsp3) is 0.615. The molecule has 0 bridgehead atoms. The molecule has 1 atom stereocenters. The third-order valence-corrected chi connectivity index (χ3v) is 3.70. The normalized spacial score (nSPS) is 22.4. The first kappa shape index (κ1) is 14.1. The van der Waals surface area contributed by atoms with Crippen LogP contribution in [0.3, 0.4) is 0 Å². The van der Waals surface area contributed by atoms with E-state index in [0.717, 1.165) is 25.1 Å². The Hall–Kier alpha value is -1.86. The molecule has 0 radical (unpaired) electrons. The summed E-state index contributed by atoms with van der Waals surface area (Å²) in [6.07, 6.45) is -0.751. The fourth-order valence-electron chi connectivity index (χ4n) is 2.36. The van der Waals surface area contributed by atoms with Crippen molar-refractivity contribution >= 4 is 11.9 Å². The van der Waals surface area contributed by atoms with Gasteiger partial charge in [-0.25, -0.2) is 9.97 Å². The van der Waals surface area contributed by atoms with Crippen molar-refractivity contribution in [3.05, 3.63) is 18.0 Å². The zero-order chi connectivity index (χ0) is 15.0. The first-order valence-corrected chi connectivity index (χ1v) is 6.89. The van der Waals surface area contributed by atoms with Crippen LogP contribution in [0.2, 0.25) is 0 Å². The highest BCUT2D eigenvalue weighted by Gasteiger charge is 2.35. The maximum absolute atomic E-state index is 12.6. The Morgan fingerprint density at radius 3 is 2.76 bits per heavy atom. The van der Waals surface area contributed by atoms with E-state index in [1.807, 2.05) is 0 Å². The second-order valence-electron chi connectivity index (χ2n) is 5.45. The second kappa shape index (κ2) is 5.16. The topological polar surface area (TPSA) is 58.1 Å². The third-order valence-electron chi connectivity index (χ3n) is 3.70. The summed E-state index contributed by atoms with van der Waals surface area (Å²) in [5, 5.41) is 2.92. The maximum atomic E-state index is 12.6. The van der Waals surface area contributed by atoms with E-state index in [9.17, 15) is 18.0 Å². The molecule has 1 N–H and O–H groups in total. The molecule has 2 aliphatic rings.